The van der Waals surface area contributed by atoms with E-state index in [-0.39, 0.29) is 17.1 Å². The van der Waals surface area contributed by atoms with E-state index in [1.807, 2.05) is 31.2 Å². The van der Waals surface area contributed by atoms with E-state index < -0.39 is 0 Å². The number of unbranched alkanes of at least 4 members (excludes halogenated alkanes) is 2. The Balaban J connectivity index is 1.59. The van der Waals surface area contributed by atoms with Crippen molar-refractivity contribution >= 4 is 51.7 Å². The molecule has 1 saturated heterocycles. The number of carbonyl (C=O) groups is 2. The van der Waals surface area contributed by atoms with Gasteiger partial charge in [0.25, 0.3) is 0 Å². The molecule has 1 aliphatic rings. The molecule has 130 valence electrons. The molecular weight excluding hydrogens is 364 g/mol. The minimum Gasteiger partial charge on any atom is -0.352 e. The van der Waals surface area contributed by atoms with Crippen LogP contribution >= 0.6 is 35.6 Å². The number of carbonyl (C=O) groups excluding carboxylic acids is 2. The van der Waals surface area contributed by atoms with Crippen LogP contribution in [0.3, 0.4) is 0 Å². The molecule has 4 nitrogen and oxygen atoms in total. The maximum Gasteiger partial charge on any atom is 0.241 e. The number of thioether (sulfide) groups is 1. The molecule has 7 heteroatoms. The number of thiocarbonyl (C=S) groups is 1. The van der Waals surface area contributed by atoms with Gasteiger partial charge < -0.3 is 5.32 Å². The number of nitrogens with one attached hydrogen (secondary N) is 1. The highest BCUT2D eigenvalue weighted by Crippen LogP contribution is 2.27. The number of benzene rings is 1. The molecule has 0 bridgehead atoms. The van der Waals surface area contributed by atoms with Crippen LogP contribution in [0.2, 0.25) is 5.02 Å². The third kappa shape index (κ3) is 5.46. The van der Waals surface area contributed by atoms with Gasteiger partial charge in [-0.15, -0.1) is 0 Å². The van der Waals surface area contributed by atoms with Gasteiger partial charge in [0, 0.05) is 24.5 Å². The van der Waals surface area contributed by atoms with Crippen LogP contribution in [0.25, 0.3) is 0 Å². The van der Waals surface area contributed by atoms with Crippen LogP contribution in [0.4, 0.5) is 0 Å². The van der Waals surface area contributed by atoms with Gasteiger partial charge in [-0.2, -0.15) is 0 Å². The van der Waals surface area contributed by atoms with Crippen molar-refractivity contribution in [2.24, 2.45) is 0 Å². The predicted octanol–water partition coefficient (Wildman–Crippen LogP) is 3.77. The highest BCUT2D eigenvalue weighted by molar-refractivity contribution is 8.24. The summed E-state index contributed by atoms with van der Waals surface area (Å²) in [6, 6.07) is 7.48. The van der Waals surface area contributed by atoms with Crippen LogP contribution in [0.15, 0.2) is 24.3 Å². The Morgan fingerprint density at radius 2 is 2.08 bits per heavy atom. The molecule has 1 unspecified atom stereocenters. The van der Waals surface area contributed by atoms with E-state index in [9.17, 15) is 9.59 Å². The Bertz CT molecular complexity index is 624. The lowest BCUT2D eigenvalue weighted by Gasteiger charge is -2.14. The van der Waals surface area contributed by atoms with Crippen molar-refractivity contribution in [3.63, 3.8) is 0 Å². The molecule has 0 aliphatic carbocycles. The third-order valence-electron chi connectivity index (χ3n) is 3.83. The molecule has 0 saturated carbocycles. The molecule has 1 fully saturated rings. The van der Waals surface area contributed by atoms with Crippen molar-refractivity contribution in [1.82, 2.24) is 10.2 Å². The average molecular weight is 385 g/mol. The largest absolute Gasteiger partial charge is 0.352 e. The quantitative estimate of drug-likeness (QED) is 0.547. The van der Waals surface area contributed by atoms with Gasteiger partial charge in [0.1, 0.15) is 4.32 Å². The molecule has 0 radical (unpaired) electrons. The molecule has 1 N–H and O–H groups in total. The molecular formula is C17H21ClN2O2S2. The third-order valence-corrected chi connectivity index (χ3v) is 5.69. The standard InChI is InChI=1S/C17H21ClN2O2S2/c1-12-16(22)20(17(23)24-12)10-6-2-3-9-15(21)19-11-13-7-4-5-8-14(13)18/h4-5,7-8,12H,2-3,6,9-11H2,1H3,(H,19,21). The molecule has 1 atom stereocenters. The van der Waals surface area contributed by atoms with Gasteiger partial charge >= 0.3 is 0 Å². The maximum atomic E-state index is 11.9. The van der Waals surface area contributed by atoms with Gasteiger partial charge in [-0.1, -0.05) is 60.2 Å². The van der Waals surface area contributed by atoms with Gasteiger partial charge in [0.15, 0.2) is 0 Å². The normalized spacial score (nSPS) is 17.4. The first-order valence-electron chi connectivity index (χ1n) is 8.01. The maximum absolute atomic E-state index is 11.9. The Hall–Kier alpha value is -1.11. The predicted molar refractivity (Wildman–Crippen MR) is 103 cm³/mol. The summed E-state index contributed by atoms with van der Waals surface area (Å²) in [6.45, 7) is 2.98. The summed E-state index contributed by atoms with van der Waals surface area (Å²) in [7, 11) is 0. The molecule has 2 rings (SSSR count). The van der Waals surface area contributed by atoms with Crippen molar-refractivity contribution in [2.75, 3.05) is 6.54 Å². The van der Waals surface area contributed by atoms with E-state index in [0.29, 0.717) is 28.9 Å². The average Bonchev–Trinajstić information content (AvgIpc) is 2.79. The van der Waals surface area contributed by atoms with Crippen LogP contribution in [-0.4, -0.2) is 32.8 Å². The van der Waals surface area contributed by atoms with E-state index in [1.165, 1.54) is 11.8 Å². The lowest BCUT2D eigenvalue weighted by molar-refractivity contribution is -0.126. The highest BCUT2D eigenvalue weighted by atomic mass is 35.5. The van der Waals surface area contributed by atoms with E-state index in [4.69, 9.17) is 23.8 Å². The second-order valence-electron chi connectivity index (χ2n) is 5.69. The molecule has 1 aromatic rings. The zero-order valence-corrected chi connectivity index (χ0v) is 16.0. The number of halogens is 1. The minimum atomic E-state index is -0.0620. The van der Waals surface area contributed by atoms with Crippen molar-refractivity contribution in [1.29, 1.82) is 0 Å². The highest BCUT2D eigenvalue weighted by Gasteiger charge is 2.32. The first kappa shape index (κ1) is 19.2. The van der Waals surface area contributed by atoms with Crippen LogP contribution in [0, 0.1) is 0 Å². The molecule has 1 aromatic carbocycles. The number of hydrogen-bond acceptors (Lipinski definition) is 4. The van der Waals surface area contributed by atoms with E-state index >= 15 is 0 Å². The van der Waals surface area contributed by atoms with Gasteiger partial charge in [0.2, 0.25) is 11.8 Å². The fourth-order valence-electron chi connectivity index (χ4n) is 2.43. The van der Waals surface area contributed by atoms with Crippen LogP contribution in [-0.2, 0) is 16.1 Å². The fraction of sp³-hybridized carbons (Fsp3) is 0.471. The minimum absolute atomic E-state index is 0.0202. The van der Waals surface area contributed by atoms with Gasteiger partial charge in [-0.3, -0.25) is 14.5 Å². The Morgan fingerprint density at radius 3 is 2.75 bits per heavy atom. The van der Waals surface area contributed by atoms with E-state index in [2.05, 4.69) is 5.32 Å². The summed E-state index contributed by atoms with van der Waals surface area (Å²) in [6.07, 6.45) is 3.03. The van der Waals surface area contributed by atoms with Gasteiger partial charge in [0.05, 0.1) is 5.25 Å². The smallest absolute Gasteiger partial charge is 0.241 e. The Morgan fingerprint density at radius 1 is 1.33 bits per heavy atom. The van der Waals surface area contributed by atoms with Crippen LogP contribution < -0.4 is 5.32 Å². The van der Waals surface area contributed by atoms with Gasteiger partial charge in [-0.05, 0) is 31.4 Å². The number of amides is 2. The van der Waals surface area contributed by atoms with E-state index in [1.54, 1.807) is 4.90 Å². The lowest BCUT2D eigenvalue weighted by atomic mass is 10.1. The summed E-state index contributed by atoms with van der Waals surface area (Å²) in [5, 5.41) is 3.48. The Kier molecular flexibility index (Phi) is 7.52. The zero-order chi connectivity index (χ0) is 17.5. The topological polar surface area (TPSA) is 49.4 Å². The molecule has 1 aliphatic heterocycles. The second-order valence-corrected chi connectivity index (χ2v) is 8.08. The summed E-state index contributed by atoms with van der Waals surface area (Å²) in [5.74, 6) is 0.120. The van der Waals surface area contributed by atoms with E-state index in [0.717, 1.165) is 24.8 Å². The SMILES string of the molecule is CC1SC(=S)N(CCCCCC(=O)NCc2ccccc2Cl)C1=O. The Labute approximate surface area is 157 Å². The summed E-state index contributed by atoms with van der Waals surface area (Å²) >= 11 is 12.7. The van der Waals surface area contributed by atoms with Crippen molar-refractivity contribution in [3.8, 4) is 0 Å². The monoisotopic (exact) mass is 384 g/mol. The summed E-state index contributed by atoms with van der Waals surface area (Å²) in [5.41, 5.74) is 0.917. The number of nitrogens with zero attached hydrogens (tertiary/aromatic N) is 1. The van der Waals surface area contributed by atoms with Crippen molar-refractivity contribution < 1.29 is 9.59 Å². The first-order chi connectivity index (χ1) is 11.5. The number of hydrogen-bond donors (Lipinski definition) is 1. The number of rotatable bonds is 8. The molecule has 2 amide bonds. The second kappa shape index (κ2) is 9.39. The molecule has 0 spiro atoms. The molecule has 0 aromatic heterocycles. The van der Waals surface area contributed by atoms with Crippen molar-refractivity contribution in [2.45, 2.75) is 44.4 Å². The zero-order valence-electron chi connectivity index (χ0n) is 13.6. The van der Waals surface area contributed by atoms with Crippen molar-refractivity contribution in [3.05, 3.63) is 34.9 Å². The summed E-state index contributed by atoms with van der Waals surface area (Å²) < 4.78 is 0.671. The van der Waals surface area contributed by atoms with Crippen LogP contribution in [0.1, 0.15) is 38.2 Å². The fourth-order valence-corrected chi connectivity index (χ4v) is 4.09. The molecule has 24 heavy (non-hydrogen) atoms. The molecule has 1 heterocycles. The first-order valence-corrected chi connectivity index (χ1v) is 9.67. The lowest BCUT2D eigenvalue weighted by Crippen LogP contribution is -2.31. The van der Waals surface area contributed by atoms with Gasteiger partial charge in [-0.25, -0.2) is 0 Å². The van der Waals surface area contributed by atoms with Crippen LogP contribution in [0.5, 0.6) is 0 Å². The summed E-state index contributed by atoms with van der Waals surface area (Å²) in [4.78, 5) is 25.4.